The van der Waals surface area contributed by atoms with Gasteiger partial charge in [-0.25, -0.2) is 4.98 Å². The molecular formula is C14H14BrNO. The summed E-state index contributed by atoms with van der Waals surface area (Å²) in [7, 11) is 0. The SMILES string of the molecule is Cc1ccccc1Oc1ncc(CBr)cc1C. The molecule has 0 atom stereocenters. The van der Waals surface area contributed by atoms with Gasteiger partial charge in [-0.05, 0) is 37.1 Å². The van der Waals surface area contributed by atoms with Crippen LogP contribution in [0.4, 0.5) is 0 Å². The van der Waals surface area contributed by atoms with Crippen molar-refractivity contribution in [3.63, 3.8) is 0 Å². The molecule has 2 nitrogen and oxygen atoms in total. The number of aryl methyl sites for hydroxylation is 2. The van der Waals surface area contributed by atoms with Crippen molar-refractivity contribution >= 4 is 15.9 Å². The average Bonchev–Trinajstić information content (AvgIpc) is 2.34. The van der Waals surface area contributed by atoms with Crippen LogP contribution < -0.4 is 4.74 Å². The van der Waals surface area contributed by atoms with E-state index in [1.165, 1.54) is 0 Å². The fourth-order valence-electron chi connectivity index (χ4n) is 1.58. The first-order valence-electron chi connectivity index (χ1n) is 5.45. The zero-order chi connectivity index (χ0) is 12.3. The van der Waals surface area contributed by atoms with Crippen molar-refractivity contribution in [3.05, 3.63) is 53.2 Å². The van der Waals surface area contributed by atoms with E-state index >= 15 is 0 Å². The van der Waals surface area contributed by atoms with Gasteiger partial charge < -0.3 is 4.74 Å². The number of aromatic nitrogens is 1. The summed E-state index contributed by atoms with van der Waals surface area (Å²) in [5.74, 6) is 1.53. The van der Waals surface area contributed by atoms with E-state index in [1.54, 1.807) is 0 Å². The van der Waals surface area contributed by atoms with E-state index in [4.69, 9.17) is 4.74 Å². The van der Waals surface area contributed by atoms with Crippen LogP contribution in [0.5, 0.6) is 11.6 Å². The molecule has 0 amide bonds. The Hall–Kier alpha value is -1.35. The maximum Gasteiger partial charge on any atom is 0.222 e. The first kappa shape index (κ1) is 12.1. The highest BCUT2D eigenvalue weighted by Gasteiger charge is 2.05. The molecule has 1 aromatic heterocycles. The standard InChI is InChI=1S/C14H14BrNO/c1-10-5-3-4-6-13(10)17-14-11(2)7-12(8-15)9-16-14/h3-7,9H,8H2,1-2H3. The van der Waals surface area contributed by atoms with Crippen LogP contribution in [-0.4, -0.2) is 4.98 Å². The molecule has 0 fully saturated rings. The zero-order valence-electron chi connectivity index (χ0n) is 9.90. The lowest BCUT2D eigenvalue weighted by molar-refractivity contribution is 0.455. The van der Waals surface area contributed by atoms with E-state index in [0.717, 1.165) is 27.8 Å². The van der Waals surface area contributed by atoms with E-state index in [9.17, 15) is 0 Å². The molecule has 3 heteroatoms. The van der Waals surface area contributed by atoms with Crippen molar-refractivity contribution < 1.29 is 4.74 Å². The Morgan fingerprint density at radius 2 is 1.94 bits per heavy atom. The van der Waals surface area contributed by atoms with Gasteiger partial charge in [0.25, 0.3) is 0 Å². The molecule has 1 aromatic carbocycles. The lowest BCUT2D eigenvalue weighted by Crippen LogP contribution is -1.94. The van der Waals surface area contributed by atoms with Crippen LogP contribution in [0.1, 0.15) is 16.7 Å². The molecule has 0 aliphatic rings. The highest BCUT2D eigenvalue weighted by atomic mass is 79.9. The Bertz CT molecular complexity index is 525. The summed E-state index contributed by atoms with van der Waals surface area (Å²) in [6.45, 7) is 4.03. The van der Waals surface area contributed by atoms with Crippen LogP contribution in [0.25, 0.3) is 0 Å². The molecule has 0 N–H and O–H groups in total. The van der Waals surface area contributed by atoms with E-state index in [1.807, 2.05) is 44.3 Å². The second kappa shape index (κ2) is 5.32. The monoisotopic (exact) mass is 291 g/mol. The number of rotatable bonds is 3. The zero-order valence-corrected chi connectivity index (χ0v) is 11.5. The number of para-hydroxylation sites is 1. The van der Waals surface area contributed by atoms with Crippen molar-refractivity contribution in [2.24, 2.45) is 0 Å². The van der Waals surface area contributed by atoms with Gasteiger partial charge in [-0.1, -0.05) is 34.1 Å². The van der Waals surface area contributed by atoms with Gasteiger partial charge in [-0.15, -0.1) is 0 Å². The number of hydrogen-bond acceptors (Lipinski definition) is 2. The Balaban J connectivity index is 2.28. The van der Waals surface area contributed by atoms with Gasteiger partial charge in [0.1, 0.15) is 5.75 Å². The molecule has 0 aliphatic heterocycles. The van der Waals surface area contributed by atoms with Crippen molar-refractivity contribution in [1.29, 1.82) is 0 Å². The fourth-order valence-corrected chi connectivity index (χ4v) is 1.88. The van der Waals surface area contributed by atoms with Crippen molar-refractivity contribution in [3.8, 4) is 11.6 Å². The van der Waals surface area contributed by atoms with E-state index in [0.29, 0.717) is 5.88 Å². The predicted molar refractivity (Wildman–Crippen MR) is 72.9 cm³/mol. The number of benzene rings is 1. The first-order chi connectivity index (χ1) is 8.20. The predicted octanol–water partition coefficient (Wildman–Crippen LogP) is 4.39. The van der Waals surface area contributed by atoms with Gasteiger partial charge in [0, 0.05) is 17.1 Å². The Labute approximate surface area is 110 Å². The third-order valence-corrected chi connectivity index (χ3v) is 3.19. The van der Waals surface area contributed by atoms with Crippen LogP contribution in [-0.2, 0) is 5.33 Å². The molecule has 2 rings (SSSR count). The summed E-state index contributed by atoms with van der Waals surface area (Å²) in [5, 5.41) is 0.811. The molecule has 0 saturated heterocycles. The summed E-state index contributed by atoms with van der Waals surface area (Å²) in [5.41, 5.74) is 3.31. The lowest BCUT2D eigenvalue weighted by atomic mass is 10.2. The molecule has 1 heterocycles. The lowest BCUT2D eigenvalue weighted by Gasteiger charge is -2.10. The molecule has 0 saturated carbocycles. The molecule has 17 heavy (non-hydrogen) atoms. The Morgan fingerprint density at radius 1 is 1.18 bits per heavy atom. The number of alkyl halides is 1. The molecular weight excluding hydrogens is 278 g/mol. The number of pyridine rings is 1. The third kappa shape index (κ3) is 2.86. The fraction of sp³-hybridized carbons (Fsp3) is 0.214. The average molecular weight is 292 g/mol. The Morgan fingerprint density at radius 3 is 2.59 bits per heavy atom. The molecule has 0 aliphatic carbocycles. The maximum absolute atomic E-state index is 5.81. The van der Waals surface area contributed by atoms with Crippen LogP contribution in [0.2, 0.25) is 0 Å². The van der Waals surface area contributed by atoms with Gasteiger partial charge in [0.05, 0.1) is 0 Å². The third-order valence-electron chi connectivity index (χ3n) is 2.54. The van der Waals surface area contributed by atoms with Crippen LogP contribution in [0.15, 0.2) is 36.5 Å². The molecule has 88 valence electrons. The van der Waals surface area contributed by atoms with Crippen molar-refractivity contribution in [1.82, 2.24) is 4.98 Å². The molecule has 0 bridgehead atoms. The largest absolute Gasteiger partial charge is 0.438 e. The van der Waals surface area contributed by atoms with Gasteiger partial charge in [0.15, 0.2) is 0 Å². The van der Waals surface area contributed by atoms with Crippen LogP contribution in [0, 0.1) is 13.8 Å². The number of nitrogens with zero attached hydrogens (tertiary/aromatic N) is 1. The minimum atomic E-state index is 0.670. The van der Waals surface area contributed by atoms with Crippen LogP contribution >= 0.6 is 15.9 Å². The molecule has 2 aromatic rings. The number of halogens is 1. The molecule has 0 unspecified atom stereocenters. The summed E-state index contributed by atoms with van der Waals surface area (Å²) < 4.78 is 5.81. The van der Waals surface area contributed by atoms with E-state index in [2.05, 4.69) is 27.0 Å². The number of ether oxygens (including phenoxy) is 1. The normalized spacial score (nSPS) is 10.3. The van der Waals surface area contributed by atoms with Crippen molar-refractivity contribution in [2.75, 3.05) is 0 Å². The first-order valence-corrected chi connectivity index (χ1v) is 6.58. The van der Waals surface area contributed by atoms with E-state index in [-0.39, 0.29) is 0 Å². The number of hydrogen-bond donors (Lipinski definition) is 0. The second-order valence-corrected chi connectivity index (χ2v) is 4.53. The second-order valence-electron chi connectivity index (χ2n) is 3.97. The van der Waals surface area contributed by atoms with Gasteiger partial charge in [-0.3, -0.25) is 0 Å². The van der Waals surface area contributed by atoms with Gasteiger partial charge in [-0.2, -0.15) is 0 Å². The highest BCUT2D eigenvalue weighted by molar-refractivity contribution is 9.08. The Kier molecular flexibility index (Phi) is 3.79. The molecule has 0 radical (unpaired) electrons. The summed E-state index contributed by atoms with van der Waals surface area (Å²) in [6, 6.07) is 10.0. The summed E-state index contributed by atoms with van der Waals surface area (Å²) >= 11 is 3.41. The highest BCUT2D eigenvalue weighted by Crippen LogP contribution is 2.26. The summed E-state index contributed by atoms with van der Waals surface area (Å²) in [4.78, 5) is 4.33. The molecule has 0 spiro atoms. The smallest absolute Gasteiger partial charge is 0.222 e. The van der Waals surface area contributed by atoms with Crippen LogP contribution in [0.3, 0.4) is 0 Å². The van der Waals surface area contributed by atoms with Crippen molar-refractivity contribution in [2.45, 2.75) is 19.2 Å². The minimum absolute atomic E-state index is 0.670. The quantitative estimate of drug-likeness (QED) is 0.783. The van der Waals surface area contributed by atoms with Gasteiger partial charge in [0.2, 0.25) is 5.88 Å². The maximum atomic E-state index is 5.81. The summed E-state index contributed by atoms with van der Waals surface area (Å²) in [6.07, 6.45) is 1.83. The minimum Gasteiger partial charge on any atom is -0.438 e. The van der Waals surface area contributed by atoms with Gasteiger partial charge >= 0.3 is 0 Å². The van der Waals surface area contributed by atoms with E-state index < -0.39 is 0 Å². The topological polar surface area (TPSA) is 22.1 Å².